The first-order chi connectivity index (χ1) is 6.70. The quantitative estimate of drug-likeness (QED) is 0.613. The molecule has 0 saturated carbocycles. The second kappa shape index (κ2) is 5.98. The first-order valence-electron chi connectivity index (χ1n) is 5.36. The van der Waals surface area contributed by atoms with Gasteiger partial charge in [0.15, 0.2) is 0 Å². The Kier molecular flexibility index (Phi) is 4.90. The summed E-state index contributed by atoms with van der Waals surface area (Å²) in [6, 6.07) is 0. The first kappa shape index (κ1) is 11.5. The van der Waals surface area contributed by atoms with Crippen LogP contribution in [0.15, 0.2) is 0 Å². The summed E-state index contributed by atoms with van der Waals surface area (Å²) < 4.78 is 0. The van der Waals surface area contributed by atoms with E-state index in [0.717, 1.165) is 25.9 Å². The molecule has 82 valence electrons. The van der Waals surface area contributed by atoms with Crippen molar-refractivity contribution in [2.45, 2.75) is 32.3 Å². The van der Waals surface area contributed by atoms with E-state index in [1.165, 1.54) is 0 Å². The van der Waals surface area contributed by atoms with Crippen LogP contribution in [0.3, 0.4) is 0 Å². The van der Waals surface area contributed by atoms with Gasteiger partial charge in [-0.3, -0.25) is 4.79 Å². The highest BCUT2D eigenvalue weighted by atomic mass is 16.3. The van der Waals surface area contributed by atoms with Crippen molar-refractivity contribution in [3.63, 3.8) is 0 Å². The third kappa shape index (κ3) is 4.07. The van der Waals surface area contributed by atoms with E-state index in [1.807, 2.05) is 4.90 Å². The van der Waals surface area contributed by atoms with Gasteiger partial charge in [0.05, 0.1) is 6.10 Å². The van der Waals surface area contributed by atoms with Crippen LogP contribution in [0.1, 0.15) is 26.2 Å². The van der Waals surface area contributed by atoms with Crippen LogP contribution >= 0.6 is 0 Å². The Hall–Kier alpha value is -0.610. The highest BCUT2D eigenvalue weighted by Crippen LogP contribution is 2.08. The van der Waals surface area contributed by atoms with Crippen molar-refractivity contribution in [2.24, 2.45) is 0 Å². The maximum absolute atomic E-state index is 11.5. The maximum Gasteiger partial charge on any atom is 0.223 e. The van der Waals surface area contributed by atoms with E-state index in [2.05, 4.69) is 5.32 Å². The topological polar surface area (TPSA) is 52.6 Å². The largest absolute Gasteiger partial charge is 0.392 e. The van der Waals surface area contributed by atoms with Crippen LogP contribution < -0.4 is 5.32 Å². The summed E-state index contributed by atoms with van der Waals surface area (Å²) >= 11 is 0. The van der Waals surface area contributed by atoms with Gasteiger partial charge in [-0.2, -0.15) is 0 Å². The lowest BCUT2D eigenvalue weighted by molar-refractivity contribution is -0.130. The number of nitrogens with one attached hydrogen (secondary N) is 1. The molecule has 0 bridgehead atoms. The van der Waals surface area contributed by atoms with Crippen LogP contribution in [0.25, 0.3) is 0 Å². The molecule has 1 saturated heterocycles. The molecule has 1 unspecified atom stereocenters. The Morgan fingerprint density at radius 3 is 2.71 bits per heavy atom. The number of likely N-dealkylation sites (tertiary alicyclic amines) is 1. The van der Waals surface area contributed by atoms with E-state index < -0.39 is 0 Å². The van der Waals surface area contributed by atoms with E-state index in [4.69, 9.17) is 5.11 Å². The first-order valence-corrected chi connectivity index (χ1v) is 5.36. The van der Waals surface area contributed by atoms with Crippen LogP contribution in [0.5, 0.6) is 0 Å². The molecule has 2 N–H and O–H groups in total. The van der Waals surface area contributed by atoms with Gasteiger partial charge in [-0.05, 0) is 19.8 Å². The van der Waals surface area contributed by atoms with Gasteiger partial charge in [-0.15, -0.1) is 0 Å². The molecule has 4 heteroatoms. The summed E-state index contributed by atoms with van der Waals surface area (Å²) in [5.74, 6) is 0.237. The smallest absolute Gasteiger partial charge is 0.223 e. The van der Waals surface area contributed by atoms with Crippen LogP contribution in [0.2, 0.25) is 0 Å². The standard InChI is InChI=1S/C10H20N2O2/c1-9(13)8-11-5-4-10(14)12-6-2-3-7-12/h9,11,13H,2-8H2,1H3. The Balaban J connectivity index is 2.03. The zero-order chi connectivity index (χ0) is 10.4. The van der Waals surface area contributed by atoms with Crippen molar-refractivity contribution < 1.29 is 9.90 Å². The molecule has 1 fully saturated rings. The van der Waals surface area contributed by atoms with Gasteiger partial charge in [0.25, 0.3) is 0 Å². The van der Waals surface area contributed by atoms with Gasteiger partial charge >= 0.3 is 0 Å². The highest BCUT2D eigenvalue weighted by molar-refractivity contribution is 5.76. The predicted octanol–water partition coefficient (Wildman–Crippen LogP) is -0.0307. The molecule has 0 aromatic heterocycles. The number of carbonyl (C=O) groups is 1. The van der Waals surface area contributed by atoms with Gasteiger partial charge in [0.2, 0.25) is 5.91 Å². The van der Waals surface area contributed by atoms with Crippen LogP contribution in [-0.4, -0.2) is 48.2 Å². The number of carbonyl (C=O) groups excluding carboxylic acids is 1. The number of nitrogens with zero attached hydrogens (tertiary/aromatic N) is 1. The SMILES string of the molecule is CC(O)CNCCC(=O)N1CCCC1. The van der Waals surface area contributed by atoms with Gasteiger partial charge < -0.3 is 15.3 Å². The summed E-state index contributed by atoms with van der Waals surface area (Å²) in [6.45, 7) is 4.81. The molecule has 0 spiro atoms. The van der Waals surface area contributed by atoms with E-state index in [0.29, 0.717) is 19.5 Å². The summed E-state index contributed by atoms with van der Waals surface area (Å²) in [6.07, 6.45) is 2.50. The number of aliphatic hydroxyl groups excluding tert-OH is 1. The van der Waals surface area contributed by atoms with E-state index in [9.17, 15) is 4.79 Å². The predicted molar refractivity (Wildman–Crippen MR) is 55.0 cm³/mol. The molecular weight excluding hydrogens is 180 g/mol. The maximum atomic E-state index is 11.5. The van der Waals surface area contributed by atoms with Crippen molar-refractivity contribution in [2.75, 3.05) is 26.2 Å². The van der Waals surface area contributed by atoms with E-state index in [-0.39, 0.29) is 12.0 Å². The Labute approximate surface area is 85.3 Å². The lowest BCUT2D eigenvalue weighted by Gasteiger charge is -2.15. The molecule has 0 aromatic carbocycles. The number of hydrogen-bond acceptors (Lipinski definition) is 3. The average Bonchev–Trinajstić information content (AvgIpc) is 2.64. The Bertz CT molecular complexity index is 177. The molecule has 1 aliphatic rings. The zero-order valence-corrected chi connectivity index (χ0v) is 8.83. The summed E-state index contributed by atoms with van der Waals surface area (Å²) in [7, 11) is 0. The normalized spacial score (nSPS) is 18.6. The van der Waals surface area contributed by atoms with Crippen molar-refractivity contribution in [3.8, 4) is 0 Å². The van der Waals surface area contributed by atoms with Gasteiger partial charge in [0.1, 0.15) is 0 Å². The number of rotatable bonds is 5. The summed E-state index contributed by atoms with van der Waals surface area (Å²) in [5.41, 5.74) is 0. The van der Waals surface area contributed by atoms with E-state index in [1.54, 1.807) is 6.92 Å². The third-order valence-corrected chi connectivity index (χ3v) is 2.41. The Morgan fingerprint density at radius 2 is 2.14 bits per heavy atom. The lowest BCUT2D eigenvalue weighted by Crippen LogP contribution is -2.32. The van der Waals surface area contributed by atoms with Crippen molar-refractivity contribution >= 4 is 5.91 Å². The molecule has 0 aromatic rings. The fourth-order valence-corrected chi connectivity index (χ4v) is 1.63. The average molecular weight is 200 g/mol. The monoisotopic (exact) mass is 200 g/mol. The minimum Gasteiger partial charge on any atom is -0.392 e. The third-order valence-electron chi connectivity index (χ3n) is 2.41. The minimum absolute atomic E-state index is 0.237. The lowest BCUT2D eigenvalue weighted by atomic mass is 10.3. The van der Waals surface area contributed by atoms with Crippen molar-refractivity contribution in [3.05, 3.63) is 0 Å². The minimum atomic E-state index is -0.336. The number of amides is 1. The van der Waals surface area contributed by atoms with E-state index >= 15 is 0 Å². The molecule has 1 rings (SSSR count). The molecule has 1 amide bonds. The van der Waals surface area contributed by atoms with Gasteiger partial charge in [0, 0.05) is 32.6 Å². The number of aliphatic hydroxyl groups is 1. The Morgan fingerprint density at radius 1 is 1.50 bits per heavy atom. The van der Waals surface area contributed by atoms with Crippen molar-refractivity contribution in [1.82, 2.24) is 10.2 Å². The van der Waals surface area contributed by atoms with Crippen LogP contribution in [0.4, 0.5) is 0 Å². The van der Waals surface area contributed by atoms with Crippen LogP contribution in [-0.2, 0) is 4.79 Å². The molecule has 14 heavy (non-hydrogen) atoms. The molecular formula is C10H20N2O2. The molecule has 1 heterocycles. The van der Waals surface area contributed by atoms with Crippen LogP contribution in [0, 0.1) is 0 Å². The van der Waals surface area contributed by atoms with Crippen molar-refractivity contribution in [1.29, 1.82) is 0 Å². The summed E-state index contributed by atoms with van der Waals surface area (Å²) in [5, 5.41) is 12.0. The fourth-order valence-electron chi connectivity index (χ4n) is 1.63. The summed E-state index contributed by atoms with van der Waals surface area (Å²) in [4.78, 5) is 13.4. The van der Waals surface area contributed by atoms with Gasteiger partial charge in [-0.1, -0.05) is 0 Å². The highest BCUT2D eigenvalue weighted by Gasteiger charge is 2.16. The molecule has 4 nitrogen and oxygen atoms in total. The second-order valence-electron chi connectivity index (χ2n) is 3.89. The number of hydrogen-bond donors (Lipinski definition) is 2. The molecule has 1 atom stereocenters. The fraction of sp³-hybridized carbons (Fsp3) is 0.900. The second-order valence-corrected chi connectivity index (χ2v) is 3.89. The zero-order valence-electron chi connectivity index (χ0n) is 8.83. The molecule has 1 aliphatic heterocycles. The molecule has 0 aliphatic carbocycles. The molecule has 0 radical (unpaired) electrons. The van der Waals surface area contributed by atoms with Gasteiger partial charge in [-0.25, -0.2) is 0 Å².